The largest absolute Gasteiger partial charge is 0.481 e. The molecule has 0 amide bonds. The molecule has 9 heteroatoms. The van der Waals surface area contributed by atoms with E-state index in [-0.39, 0.29) is 17.8 Å². The summed E-state index contributed by atoms with van der Waals surface area (Å²) in [5.41, 5.74) is 0.685. The van der Waals surface area contributed by atoms with Gasteiger partial charge >= 0.3 is 0 Å². The lowest BCUT2D eigenvalue weighted by Gasteiger charge is -2.30. The van der Waals surface area contributed by atoms with Gasteiger partial charge in [0.2, 0.25) is 11.9 Å². The molecule has 0 unspecified atom stereocenters. The molecule has 0 spiro atoms. The second kappa shape index (κ2) is 6.57. The second-order valence-electron chi connectivity index (χ2n) is 5.33. The Bertz CT molecular complexity index is 630. The molecular formula is C13H18N2O6S. The van der Waals surface area contributed by atoms with Crippen molar-refractivity contribution in [2.75, 3.05) is 13.4 Å². The van der Waals surface area contributed by atoms with Crippen LogP contribution >= 0.6 is 0 Å². The molecule has 0 aromatic carbocycles. The first-order valence-electron chi connectivity index (χ1n) is 6.82. The summed E-state index contributed by atoms with van der Waals surface area (Å²) in [6.07, 6.45) is 2.85. The van der Waals surface area contributed by atoms with Gasteiger partial charge in [-0.2, -0.15) is 8.42 Å². The molecule has 1 aromatic heterocycles. The lowest BCUT2D eigenvalue weighted by molar-refractivity contribution is -0.530. The third-order valence-electron chi connectivity index (χ3n) is 3.74. The van der Waals surface area contributed by atoms with Gasteiger partial charge in [0, 0.05) is 23.6 Å². The zero-order chi connectivity index (χ0) is 16.3. The maximum absolute atomic E-state index is 11.3. The standard InChI is InChI=1S/C13H18N2O6S/c1-20-13-6-3-9(8-14-13)11-7-10(21-22(2,18)19)4-5-12(11)15(16)17/h3,6,8,10-12H,4-5,7H2,1-2H3/t10-,11+,12-/m0/s1. The molecule has 0 N–H and O–H groups in total. The molecule has 1 aliphatic rings. The number of hydrogen-bond donors (Lipinski definition) is 0. The summed E-state index contributed by atoms with van der Waals surface area (Å²) in [7, 11) is -2.10. The van der Waals surface area contributed by atoms with Crippen LogP contribution in [0.3, 0.4) is 0 Å². The van der Waals surface area contributed by atoms with Crippen LogP contribution in [0.5, 0.6) is 5.88 Å². The SMILES string of the molecule is COc1ccc([C@H]2C[C@@H](OS(C)(=O)=O)CC[C@@H]2[N+](=O)[O-])cn1. The number of aromatic nitrogens is 1. The number of hydrogen-bond acceptors (Lipinski definition) is 7. The van der Waals surface area contributed by atoms with Crippen molar-refractivity contribution in [3.05, 3.63) is 34.0 Å². The maximum Gasteiger partial charge on any atom is 0.264 e. The van der Waals surface area contributed by atoms with Gasteiger partial charge in [0.25, 0.3) is 10.1 Å². The first kappa shape index (κ1) is 16.6. The lowest BCUT2D eigenvalue weighted by Crippen LogP contribution is -2.37. The first-order valence-corrected chi connectivity index (χ1v) is 8.63. The van der Waals surface area contributed by atoms with Gasteiger partial charge in [-0.25, -0.2) is 4.98 Å². The van der Waals surface area contributed by atoms with Gasteiger partial charge in [-0.05, 0) is 18.4 Å². The van der Waals surface area contributed by atoms with Crippen molar-refractivity contribution in [3.8, 4) is 5.88 Å². The number of nitro groups is 1. The van der Waals surface area contributed by atoms with Crippen LogP contribution in [0.25, 0.3) is 0 Å². The lowest BCUT2D eigenvalue weighted by atomic mass is 9.79. The van der Waals surface area contributed by atoms with Gasteiger partial charge < -0.3 is 4.74 Å². The Morgan fingerprint density at radius 2 is 2.09 bits per heavy atom. The van der Waals surface area contributed by atoms with E-state index in [0.29, 0.717) is 17.9 Å². The number of nitrogens with zero attached hydrogens (tertiary/aromatic N) is 2. The fraction of sp³-hybridized carbons (Fsp3) is 0.615. The van der Waals surface area contributed by atoms with E-state index in [1.54, 1.807) is 12.1 Å². The van der Waals surface area contributed by atoms with Gasteiger partial charge in [-0.1, -0.05) is 6.07 Å². The number of methoxy groups -OCH3 is 1. The van der Waals surface area contributed by atoms with E-state index in [1.807, 2.05) is 0 Å². The third kappa shape index (κ3) is 4.14. The molecule has 1 fully saturated rings. The second-order valence-corrected chi connectivity index (χ2v) is 6.93. The average molecular weight is 330 g/mol. The molecular weight excluding hydrogens is 312 g/mol. The van der Waals surface area contributed by atoms with Crippen LogP contribution in [-0.4, -0.2) is 43.8 Å². The van der Waals surface area contributed by atoms with E-state index >= 15 is 0 Å². The molecule has 0 saturated heterocycles. The Hall–Kier alpha value is -1.74. The van der Waals surface area contributed by atoms with Crippen molar-refractivity contribution in [1.29, 1.82) is 0 Å². The fourth-order valence-corrected chi connectivity index (χ4v) is 3.46. The van der Waals surface area contributed by atoms with Crippen LogP contribution in [0.1, 0.15) is 30.7 Å². The number of pyridine rings is 1. The highest BCUT2D eigenvalue weighted by atomic mass is 32.2. The Morgan fingerprint density at radius 3 is 2.59 bits per heavy atom. The molecule has 0 aliphatic heterocycles. The molecule has 22 heavy (non-hydrogen) atoms. The summed E-state index contributed by atoms with van der Waals surface area (Å²) in [4.78, 5) is 15.0. The quantitative estimate of drug-likeness (QED) is 0.455. The maximum atomic E-state index is 11.3. The van der Waals surface area contributed by atoms with Crippen LogP contribution in [0.2, 0.25) is 0 Å². The van der Waals surface area contributed by atoms with E-state index in [9.17, 15) is 18.5 Å². The molecule has 2 rings (SSSR count). The molecule has 122 valence electrons. The van der Waals surface area contributed by atoms with Gasteiger partial charge in [-0.3, -0.25) is 14.3 Å². The fourth-order valence-electron chi connectivity index (χ4n) is 2.79. The van der Waals surface area contributed by atoms with Crippen molar-refractivity contribution in [3.63, 3.8) is 0 Å². The minimum absolute atomic E-state index is 0.268. The summed E-state index contributed by atoms with van der Waals surface area (Å²) in [5.74, 6) is -0.0185. The van der Waals surface area contributed by atoms with Crippen molar-refractivity contribution in [2.45, 2.75) is 37.3 Å². The third-order valence-corrected chi connectivity index (χ3v) is 4.37. The number of ether oxygens (including phenoxy) is 1. The summed E-state index contributed by atoms with van der Waals surface area (Å²) >= 11 is 0. The van der Waals surface area contributed by atoms with Gasteiger partial charge in [-0.15, -0.1) is 0 Å². The molecule has 0 radical (unpaired) electrons. The van der Waals surface area contributed by atoms with Crippen molar-refractivity contribution >= 4 is 10.1 Å². The average Bonchev–Trinajstić information content (AvgIpc) is 2.45. The summed E-state index contributed by atoms with van der Waals surface area (Å²) in [6, 6.07) is 2.58. The van der Waals surface area contributed by atoms with Crippen molar-refractivity contribution < 1.29 is 22.3 Å². The predicted octanol–water partition coefficient (Wildman–Crippen LogP) is 1.35. The van der Waals surface area contributed by atoms with Crippen LogP contribution < -0.4 is 4.74 Å². The molecule has 8 nitrogen and oxygen atoms in total. The summed E-state index contributed by atoms with van der Waals surface area (Å²) in [5, 5.41) is 11.3. The van der Waals surface area contributed by atoms with E-state index in [1.165, 1.54) is 13.3 Å². The van der Waals surface area contributed by atoms with E-state index in [0.717, 1.165) is 6.26 Å². The normalized spacial score (nSPS) is 25.6. The first-order chi connectivity index (χ1) is 10.3. The smallest absolute Gasteiger partial charge is 0.264 e. The van der Waals surface area contributed by atoms with Gasteiger partial charge in [0.1, 0.15) is 0 Å². The van der Waals surface area contributed by atoms with E-state index < -0.39 is 28.2 Å². The highest BCUT2D eigenvalue weighted by Crippen LogP contribution is 2.36. The topological polar surface area (TPSA) is 109 Å². The Labute approximate surface area is 128 Å². The van der Waals surface area contributed by atoms with Gasteiger partial charge in [0.05, 0.1) is 25.4 Å². The van der Waals surface area contributed by atoms with Crippen LogP contribution in [-0.2, 0) is 14.3 Å². The minimum atomic E-state index is -3.58. The van der Waals surface area contributed by atoms with E-state index in [4.69, 9.17) is 8.92 Å². The monoisotopic (exact) mass is 330 g/mol. The minimum Gasteiger partial charge on any atom is -0.481 e. The molecule has 1 heterocycles. The molecule has 3 atom stereocenters. The van der Waals surface area contributed by atoms with Crippen molar-refractivity contribution in [1.82, 2.24) is 4.98 Å². The van der Waals surface area contributed by atoms with Gasteiger partial charge in [0.15, 0.2) is 0 Å². The van der Waals surface area contributed by atoms with Crippen LogP contribution in [0.4, 0.5) is 0 Å². The van der Waals surface area contributed by atoms with Crippen LogP contribution in [0, 0.1) is 10.1 Å². The highest BCUT2D eigenvalue weighted by Gasteiger charge is 2.40. The predicted molar refractivity (Wildman–Crippen MR) is 77.9 cm³/mol. The Balaban J connectivity index is 2.22. The zero-order valence-corrected chi connectivity index (χ0v) is 13.2. The Kier molecular flexibility index (Phi) is 4.97. The molecule has 1 aliphatic carbocycles. The molecule has 1 aromatic rings. The summed E-state index contributed by atoms with van der Waals surface area (Å²) in [6.45, 7) is 0. The number of rotatable bonds is 5. The highest BCUT2D eigenvalue weighted by molar-refractivity contribution is 7.86. The molecule has 0 bridgehead atoms. The molecule has 1 saturated carbocycles. The Morgan fingerprint density at radius 1 is 1.36 bits per heavy atom. The van der Waals surface area contributed by atoms with Crippen molar-refractivity contribution in [2.24, 2.45) is 0 Å². The zero-order valence-electron chi connectivity index (χ0n) is 12.3. The van der Waals surface area contributed by atoms with E-state index in [2.05, 4.69) is 4.98 Å². The summed E-state index contributed by atoms with van der Waals surface area (Å²) < 4.78 is 32.5. The van der Waals surface area contributed by atoms with Crippen LogP contribution in [0.15, 0.2) is 18.3 Å².